The molecule has 0 aromatic carbocycles. The highest BCUT2D eigenvalue weighted by Gasteiger charge is 2.34. The molecule has 1 saturated carbocycles. The summed E-state index contributed by atoms with van der Waals surface area (Å²) in [5.74, 6) is -0.375. The molecule has 5 heteroatoms. The maximum atomic E-state index is 11.5. The summed E-state index contributed by atoms with van der Waals surface area (Å²) in [5.41, 5.74) is 0. The van der Waals surface area contributed by atoms with E-state index < -0.39 is 6.09 Å². The lowest BCUT2D eigenvalue weighted by Gasteiger charge is -2.30. The summed E-state index contributed by atoms with van der Waals surface area (Å²) in [5, 5.41) is 3.22. The molecule has 1 aliphatic carbocycles. The molecule has 1 atom stereocenters. The first kappa shape index (κ1) is 10.4. The Morgan fingerprint density at radius 2 is 2.13 bits per heavy atom. The van der Waals surface area contributed by atoms with E-state index in [-0.39, 0.29) is 17.9 Å². The van der Waals surface area contributed by atoms with Crippen LogP contribution in [0.1, 0.15) is 19.8 Å². The van der Waals surface area contributed by atoms with Crippen molar-refractivity contribution in [2.45, 2.75) is 25.8 Å². The molecule has 0 aromatic rings. The smallest absolute Gasteiger partial charge is 0.376 e. The van der Waals surface area contributed by atoms with Crippen molar-refractivity contribution in [2.24, 2.45) is 5.92 Å². The lowest BCUT2D eigenvalue weighted by molar-refractivity contribution is -0.139. The van der Waals surface area contributed by atoms with Crippen LogP contribution in [-0.2, 0) is 9.53 Å². The standard InChI is InChI=1S/C10H16N2O3/c1-7-6-12(5-4-11-7)10(14)15-9(13)8-2-3-8/h7-8,11H,2-6H2,1H3. The first-order valence-electron chi connectivity index (χ1n) is 5.41. The van der Waals surface area contributed by atoms with E-state index in [4.69, 9.17) is 4.74 Å². The molecule has 0 spiro atoms. The molecule has 5 nitrogen and oxygen atoms in total. The van der Waals surface area contributed by atoms with E-state index in [0.29, 0.717) is 13.1 Å². The minimum absolute atomic E-state index is 0.0192. The molecule has 1 aliphatic heterocycles. The SMILES string of the molecule is CC1CN(C(=O)OC(=O)C2CC2)CCN1. The van der Waals surface area contributed by atoms with Crippen molar-refractivity contribution in [3.8, 4) is 0 Å². The van der Waals surface area contributed by atoms with E-state index in [1.807, 2.05) is 6.92 Å². The molecule has 0 aromatic heterocycles. The molecular weight excluding hydrogens is 196 g/mol. The Morgan fingerprint density at radius 3 is 2.73 bits per heavy atom. The molecule has 2 aliphatic rings. The fraction of sp³-hybridized carbons (Fsp3) is 0.800. The van der Waals surface area contributed by atoms with Crippen LogP contribution in [0.5, 0.6) is 0 Å². The molecule has 1 saturated heterocycles. The van der Waals surface area contributed by atoms with E-state index >= 15 is 0 Å². The zero-order chi connectivity index (χ0) is 10.8. The van der Waals surface area contributed by atoms with Gasteiger partial charge in [0.05, 0.1) is 5.92 Å². The molecule has 1 heterocycles. The summed E-state index contributed by atoms with van der Waals surface area (Å²) >= 11 is 0. The summed E-state index contributed by atoms with van der Waals surface area (Å²) in [6.45, 7) is 3.98. The largest absolute Gasteiger partial charge is 0.417 e. The van der Waals surface area contributed by atoms with Crippen LogP contribution in [-0.4, -0.2) is 42.6 Å². The Bertz CT molecular complexity index is 276. The van der Waals surface area contributed by atoms with Gasteiger partial charge in [0.15, 0.2) is 0 Å². The number of piperazine rings is 1. The van der Waals surface area contributed by atoms with Crippen molar-refractivity contribution in [3.63, 3.8) is 0 Å². The van der Waals surface area contributed by atoms with Crippen LogP contribution in [0.25, 0.3) is 0 Å². The van der Waals surface area contributed by atoms with Crippen molar-refractivity contribution in [1.82, 2.24) is 10.2 Å². The maximum absolute atomic E-state index is 11.5. The van der Waals surface area contributed by atoms with Gasteiger partial charge >= 0.3 is 12.1 Å². The van der Waals surface area contributed by atoms with Gasteiger partial charge in [-0.2, -0.15) is 0 Å². The average Bonchev–Trinajstić information content (AvgIpc) is 3.00. The number of nitrogens with one attached hydrogen (secondary N) is 1. The van der Waals surface area contributed by atoms with Crippen molar-refractivity contribution in [3.05, 3.63) is 0 Å². The molecule has 0 bridgehead atoms. The molecule has 15 heavy (non-hydrogen) atoms. The van der Waals surface area contributed by atoms with Crippen LogP contribution in [0.2, 0.25) is 0 Å². The number of amides is 1. The number of hydrogen-bond acceptors (Lipinski definition) is 4. The van der Waals surface area contributed by atoms with Gasteiger partial charge in [-0.05, 0) is 19.8 Å². The number of carbonyl (C=O) groups is 2. The first-order chi connectivity index (χ1) is 7.16. The average molecular weight is 212 g/mol. The summed E-state index contributed by atoms with van der Waals surface area (Å²) in [7, 11) is 0. The van der Waals surface area contributed by atoms with Crippen molar-refractivity contribution in [2.75, 3.05) is 19.6 Å². The predicted octanol–water partition coefficient (Wildman–Crippen LogP) is 0.353. The Kier molecular flexibility index (Phi) is 2.90. The van der Waals surface area contributed by atoms with Crippen LogP contribution >= 0.6 is 0 Å². The molecule has 2 rings (SSSR count). The molecule has 1 N–H and O–H groups in total. The maximum Gasteiger partial charge on any atom is 0.417 e. The quantitative estimate of drug-likeness (QED) is 0.503. The highest BCUT2D eigenvalue weighted by atomic mass is 16.6. The third-order valence-corrected chi connectivity index (χ3v) is 2.73. The minimum Gasteiger partial charge on any atom is -0.376 e. The van der Waals surface area contributed by atoms with Gasteiger partial charge in [-0.25, -0.2) is 4.79 Å². The van der Waals surface area contributed by atoms with Gasteiger partial charge in [0.1, 0.15) is 0 Å². The van der Waals surface area contributed by atoms with E-state index in [0.717, 1.165) is 19.4 Å². The molecule has 1 unspecified atom stereocenters. The normalized spacial score (nSPS) is 26.2. The lowest BCUT2D eigenvalue weighted by atomic mass is 10.2. The Hall–Kier alpha value is -1.10. The summed E-state index contributed by atoms with van der Waals surface area (Å²) < 4.78 is 4.78. The molecule has 84 valence electrons. The number of ether oxygens (including phenoxy) is 1. The second-order valence-corrected chi connectivity index (χ2v) is 4.26. The molecule has 0 radical (unpaired) electrons. The van der Waals surface area contributed by atoms with Crippen molar-refractivity contribution < 1.29 is 14.3 Å². The fourth-order valence-electron chi connectivity index (χ4n) is 1.65. The van der Waals surface area contributed by atoms with E-state index in [9.17, 15) is 9.59 Å². The summed E-state index contributed by atoms with van der Waals surface area (Å²) in [6.07, 6.45) is 1.24. The molecule has 1 amide bonds. The van der Waals surface area contributed by atoms with Gasteiger partial charge in [-0.15, -0.1) is 0 Å². The zero-order valence-corrected chi connectivity index (χ0v) is 8.86. The first-order valence-corrected chi connectivity index (χ1v) is 5.41. The number of esters is 1. The predicted molar refractivity (Wildman–Crippen MR) is 53.2 cm³/mol. The minimum atomic E-state index is -0.486. The van der Waals surface area contributed by atoms with Crippen LogP contribution in [0, 0.1) is 5.92 Å². The van der Waals surface area contributed by atoms with Crippen LogP contribution in [0.3, 0.4) is 0 Å². The Labute approximate surface area is 88.8 Å². The van der Waals surface area contributed by atoms with Gasteiger partial charge in [0.25, 0.3) is 0 Å². The van der Waals surface area contributed by atoms with Gasteiger partial charge in [-0.3, -0.25) is 4.79 Å². The summed E-state index contributed by atoms with van der Waals surface area (Å²) in [4.78, 5) is 24.4. The Balaban J connectivity index is 1.81. The fourth-order valence-corrected chi connectivity index (χ4v) is 1.65. The van der Waals surface area contributed by atoms with Crippen molar-refractivity contribution in [1.29, 1.82) is 0 Å². The topological polar surface area (TPSA) is 58.6 Å². The van der Waals surface area contributed by atoms with Crippen LogP contribution in [0.4, 0.5) is 4.79 Å². The zero-order valence-electron chi connectivity index (χ0n) is 8.86. The number of carbonyl (C=O) groups excluding carboxylic acids is 2. The van der Waals surface area contributed by atoms with Gasteiger partial charge in [0.2, 0.25) is 0 Å². The molecule has 2 fully saturated rings. The van der Waals surface area contributed by atoms with E-state index in [2.05, 4.69) is 5.32 Å². The lowest BCUT2D eigenvalue weighted by Crippen LogP contribution is -2.51. The third-order valence-electron chi connectivity index (χ3n) is 2.73. The summed E-state index contributed by atoms with van der Waals surface area (Å²) in [6, 6.07) is 0.266. The van der Waals surface area contributed by atoms with Crippen LogP contribution < -0.4 is 5.32 Å². The highest BCUT2D eigenvalue weighted by Crippen LogP contribution is 2.30. The van der Waals surface area contributed by atoms with Gasteiger partial charge < -0.3 is 15.0 Å². The second-order valence-electron chi connectivity index (χ2n) is 4.26. The Morgan fingerprint density at radius 1 is 1.40 bits per heavy atom. The van der Waals surface area contributed by atoms with E-state index in [1.54, 1.807) is 4.90 Å². The monoisotopic (exact) mass is 212 g/mol. The van der Waals surface area contributed by atoms with Crippen LogP contribution in [0.15, 0.2) is 0 Å². The third kappa shape index (κ3) is 2.68. The molecular formula is C10H16N2O3. The van der Waals surface area contributed by atoms with Crippen molar-refractivity contribution >= 4 is 12.1 Å². The van der Waals surface area contributed by atoms with Gasteiger partial charge in [-0.1, -0.05) is 0 Å². The number of hydrogen-bond donors (Lipinski definition) is 1. The number of rotatable bonds is 1. The second kappa shape index (κ2) is 4.18. The van der Waals surface area contributed by atoms with Gasteiger partial charge in [0, 0.05) is 25.7 Å². The number of nitrogens with zero attached hydrogens (tertiary/aromatic N) is 1. The van der Waals surface area contributed by atoms with E-state index in [1.165, 1.54) is 0 Å². The highest BCUT2D eigenvalue weighted by molar-refractivity contribution is 5.87.